The molecule has 0 aliphatic rings. The third-order valence-corrected chi connectivity index (χ3v) is 4.93. The number of hydrogen-bond donors (Lipinski definition) is 7. The monoisotopic (exact) mass is 452 g/mol. The highest BCUT2D eigenvalue weighted by Gasteiger charge is 2.29. The molecule has 0 aromatic rings. The Kier molecular flexibility index (Phi) is 13.7. The number of carbonyl (C=O) groups excluding carboxylic acids is 3. The molecule has 4 atom stereocenters. The predicted octanol–water partition coefficient (Wildman–Crippen LogP) is -1.43. The number of hydrogen-bond acceptors (Lipinski definition) is 8. The second-order valence-electron chi connectivity index (χ2n) is 6.90. The molecule has 0 spiro atoms. The van der Waals surface area contributed by atoms with Crippen LogP contribution in [0.4, 0.5) is 0 Å². The van der Waals surface area contributed by atoms with Crippen molar-refractivity contribution in [2.75, 3.05) is 24.4 Å². The number of thioether (sulfide) groups is 1. The van der Waals surface area contributed by atoms with Crippen LogP contribution in [0.1, 0.15) is 26.7 Å². The Balaban J connectivity index is 5.10. The summed E-state index contributed by atoms with van der Waals surface area (Å²) in [6, 6.07) is -4.30. The minimum Gasteiger partial charge on any atom is -0.480 e. The molecule has 168 valence electrons. The SMILES string of the molecule is CSCCC(NC(=O)C(N)CC(C)C)C(=O)NC(CS)C(=O)NC(CO)C(=O)O. The summed E-state index contributed by atoms with van der Waals surface area (Å²) in [5.41, 5.74) is 5.86. The topological polar surface area (TPSA) is 171 Å². The number of nitrogens with one attached hydrogen (secondary N) is 3. The van der Waals surface area contributed by atoms with Crippen molar-refractivity contribution >= 4 is 48.1 Å². The van der Waals surface area contributed by atoms with Gasteiger partial charge in [-0.1, -0.05) is 13.8 Å². The summed E-state index contributed by atoms with van der Waals surface area (Å²) in [6.07, 6.45) is 2.64. The van der Waals surface area contributed by atoms with E-state index in [1.54, 1.807) is 0 Å². The molecule has 0 fully saturated rings. The highest BCUT2D eigenvalue weighted by molar-refractivity contribution is 7.98. The first kappa shape index (κ1) is 27.5. The van der Waals surface area contributed by atoms with Gasteiger partial charge in [-0.15, -0.1) is 0 Å². The molecular weight excluding hydrogens is 420 g/mol. The first-order valence-corrected chi connectivity index (χ1v) is 11.2. The summed E-state index contributed by atoms with van der Waals surface area (Å²) in [7, 11) is 0. The van der Waals surface area contributed by atoms with Crippen LogP contribution in [0, 0.1) is 5.92 Å². The lowest BCUT2D eigenvalue weighted by molar-refractivity contribution is -0.143. The standard InChI is InChI=1S/C17H32N4O6S2/c1-9(2)6-10(18)14(23)19-11(4-5-29-3)15(24)21-13(8-28)16(25)20-12(7-22)17(26)27/h9-13,22,28H,4-8,18H2,1-3H3,(H,19,23)(H,20,25)(H,21,24)(H,26,27). The van der Waals surface area contributed by atoms with Gasteiger partial charge in [-0.3, -0.25) is 14.4 Å². The van der Waals surface area contributed by atoms with Gasteiger partial charge >= 0.3 is 5.97 Å². The molecule has 0 heterocycles. The first-order valence-electron chi connectivity index (χ1n) is 9.17. The number of thiol groups is 1. The van der Waals surface area contributed by atoms with Crippen molar-refractivity contribution in [2.24, 2.45) is 11.7 Å². The van der Waals surface area contributed by atoms with Gasteiger partial charge < -0.3 is 31.9 Å². The van der Waals surface area contributed by atoms with Crippen LogP contribution in [0.5, 0.6) is 0 Å². The van der Waals surface area contributed by atoms with Crippen molar-refractivity contribution in [3.63, 3.8) is 0 Å². The fourth-order valence-electron chi connectivity index (χ4n) is 2.32. The third-order valence-electron chi connectivity index (χ3n) is 3.92. The number of aliphatic hydroxyl groups is 1. The molecule has 0 radical (unpaired) electrons. The van der Waals surface area contributed by atoms with E-state index in [9.17, 15) is 19.2 Å². The average molecular weight is 453 g/mol. The van der Waals surface area contributed by atoms with Crippen LogP contribution in [-0.2, 0) is 19.2 Å². The molecule has 0 bridgehead atoms. The summed E-state index contributed by atoms with van der Waals surface area (Å²) in [5.74, 6) is -2.59. The molecular formula is C17H32N4O6S2. The van der Waals surface area contributed by atoms with E-state index >= 15 is 0 Å². The van der Waals surface area contributed by atoms with Gasteiger partial charge in [-0.25, -0.2) is 4.79 Å². The fourth-order valence-corrected chi connectivity index (χ4v) is 3.05. The minimum atomic E-state index is -1.50. The van der Waals surface area contributed by atoms with Crippen LogP contribution in [0.3, 0.4) is 0 Å². The summed E-state index contributed by atoms with van der Waals surface area (Å²) < 4.78 is 0. The van der Waals surface area contributed by atoms with Gasteiger partial charge in [0.05, 0.1) is 12.6 Å². The van der Waals surface area contributed by atoms with Crippen molar-refractivity contribution in [3.05, 3.63) is 0 Å². The molecule has 0 aliphatic heterocycles. The lowest BCUT2D eigenvalue weighted by atomic mass is 10.0. The summed E-state index contributed by atoms with van der Waals surface area (Å²) in [5, 5.41) is 25.1. The lowest BCUT2D eigenvalue weighted by Crippen LogP contribution is -2.58. The van der Waals surface area contributed by atoms with E-state index in [-0.39, 0.29) is 11.7 Å². The van der Waals surface area contributed by atoms with Crippen LogP contribution in [0.2, 0.25) is 0 Å². The Morgan fingerprint density at radius 2 is 1.52 bits per heavy atom. The number of aliphatic hydroxyl groups excluding tert-OH is 1. The number of amides is 3. The summed E-state index contributed by atoms with van der Waals surface area (Å²) in [6.45, 7) is 3.06. The maximum atomic E-state index is 12.6. The van der Waals surface area contributed by atoms with Crippen molar-refractivity contribution in [1.82, 2.24) is 16.0 Å². The van der Waals surface area contributed by atoms with E-state index in [4.69, 9.17) is 15.9 Å². The Morgan fingerprint density at radius 3 is 1.97 bits per heavy atom. The molecule has 29 heavy (non-hydrogen) atoms. The van der Waals surface area contributed by atoms with Gasteiger partial charge in [0, 0.05) is 5.75 Å². The normalized spacial score (nSPS) is 15.1. The number of carboxylic acid groups (broad SMARTS) is 1. The summed E-state index contributed by atoms with van der Waals surface area (Å²) >= 11 is 5.50. The Hall–Kier alpha value is -1.50. The van der Waals surface area contributed by atoms with Gasteiger partial charge in [0.25, 0.3) is 0 Å². The number of aliphatic carboxylic acids is 1. The van der Waals surface area contributed by atoms with Crippen molar-refractivity contribution in [2.45, 2.75) is 50.9 Å². The molecule has 0 saturated carbocycles. The maximum Gasteiger partial charge on any atom is 0.328 e. The molecule has 0 aromatic carbocycles. The molecule has 4 unspecified atom stereocenters. The molecule has 10 nitrogen and oxygen atoms in total. The van der Waals surface area contributed by atoms with Crippen LogP contribution in [0.15, 0.2) is 0 Å². The van der Waals surface area contributed by atoms with Crippen molar-refractivity contribution < 1.29 is 29.4 Å². The third kappa shape index (κ3) is 10.7. The molecule has 7 N–H and O–H groups in total. The molecule has 0 aliphatic carbocycles. The quantitative estimate of drug-likeness (QED) is 0.157. The minimum absolute atomic E-state index is 0.106. The van der Waals surface area contributed by atoms with Crippen LogP contribution in [-0.4, -0.2) is 82.4 Å². The molecule has 3 amide bonds. The van der Waals surface area contributed by atoms with Gasteiger partial charge in [-0.05, 0) is 30.8 Å². The van der Waals surface area contributed by atoms with E-state index in [1.165, 1.54) is 11.8 Å². The van der Waals surface area contributed by atoms with E-state index in [0.29, 0.717) is 18.6 Å². The molecule has 0 saturated heterocycles. The van der Waals surface area contributed by atoms with E-state index in [0.717, 1.165) is 0 Å². The first-order chi connectivity index (χ1) is 13.6. The highest BCUT2D eigenvalue weighted by atomic mass is 32.2. The van der Waals surface area contributed by atoms with Crippen LogP contribution in [0.25, 0.3) is 0 Å². The number of carboxylic acids is 1. The van der Waals surface area contributed by atoms with Gasteiger partial charge in [0.1, 0.15) is 18.1 Å². The number of rotatable bonds is 14. The zero-order chi connectivity index (χ0) is 22.6. The zero-order valence-electron chi connectivity index (χ0n) is 16.9. The highest BCUT2D eigenvalue weighted by Crippen LogP contribution is 2.06. The van der Waals surface area contributed by atoms with E-state index in [1.807, 2.05) is 20.1 Å². The maximum absolute atomic E-state index is 12.6. The largest absolute Gasteiger partial charge is 0.480 e. The number of nitrogens with two attached hydrogens (primary N) is 1. The van der Waals surface area contributed by atoms with Crippen LogP contribution >= 0.6 is 24.4 Å². The molecule has 0 rings (SSSR count). The molecule has 12 heteroatoms. The Labute approximate surface area is 180 Å². The zero-order valence-corrected chi connectivity index (χ0v) is 18.6. The Bertz CT molecular complexity index is 564. The van der Waals surface area contributed by atoms with Gasteiger partial charge in [0.2, 0.25) is 17.7 Å². The van der Waals surface area contributed by atoms with Gasteiger partial charge in [0.15, 0.2) is 0 Å². The molecule has 0 aromatic heterocycles. The average Bonchev–Trinajstić information content (AvgIpc) is 2.65. The summed E-state index contributed by atoms with van der Waals surface area (Å²) in [4.78, 5) is 48.1. The van der Waals surface area contributed by atoms with E-state index < -0.39 is 54.5 Å². The smallest absolute Gasteiger partial charge is 0.328 e. The predicted molar refractivity (Wildman–Crippen MR) is 115 cm³/mol. The van der Waals surface area contributed by atoms with Crippen molar-refractivity contribution in [3.8, 4) is 0 Å². The Morgan fingerprint density at radius 1 is 1.00 bits per heavy atom. The fraction of sp³-hybridized carbons (Fsp3) is 0.765. The van der Waals surface area contributed by atoms with Gasteiger partial charge in [-0.2, -0.15) is 24.4 Å². The lowest BCUT2D eigenvalue weighted by Gasteiger charge is -2.24. The second kappa shape index (κ2) is 14.5. The van der Waals surface area contributed by atoms with Crippen LogP contribution < -0.4 is 21.7 Å². The van der Waals surface area contributed by atoms with Crippen molar-refractivity contribution in [1.29, 1.82) is 0 Å². The van der Waals surface area contributed by atoms with E-state index in [2.05, 4.69) is 28.6 Å². The second-order valence-corrected chi connectivity index (χ2v) is 8.26. The number of carbonyl (C=O) groups is 4.